The first-order valence-electron chi connectivity index (χ1n) is 6.62. The second-order valence-electron chi connectivity index (χ2n) is 4.57. The van der Waals surface area contributed by atoms with Crippen LogP contribution in [0.15, 0.2) is 24.3 Å². The molecule has 110 valence electrons. The minimum atomic E-state index is -0.558. The average Bonchev–Trinajstić information content (AvgIpc) is 2.45. The van der Waals surface area contributed by atoms with Gasteiger partial charge >= 0.3 is 0 Å². The van der Waals surface area contributed by atoms with Gasteiger partial charge < -0.3 is 10.5 Å². The Balaban J connectivity index is 2.42. The van der Waals surface area contributed by atoms with Crippen molar-refractivity contribution in [1.82, 2.24) is 9.97 Å². The molecular weight excluding hydrogens is 290 g/mol. The Morgan fingerprint density at radius 1 is 1.33 bits per heavy atom. The molecule has 1 amide bonds. The third-order valence-corrected chi connectivity index (χ3v) is 3.29. The summed E-state index contributed by atoms with van der Waals surface area (Å²) in [7, 11) is 0. The number of rotatable bonds is 5. The predicted molar refractivity (Wildman–Crippen MR) is 80.8 cm³/mol. The van der Waals surface area contributed by atoms with E-state index in [4.69, 9.17) is 22.1 Å². The summed E-state index contributed by atoms with van der Waals surface area (Å²) in [4.78, 5) is 20.0. The fourth-order valence-electron chi connectivity index (χ4n) is 1.81. The normalized spacial score (nSPS) is 10.4. The smallest absolute Gasteiger partial charge is 0.252 e. The number of para-hydroxylation sites is 1. The number of carbonyl (C=O) groups is 1. The van der Waals surface area contributed by atoms with Gasteiger partial charge in [0, 0.05) is 12.0 Å². The van der Waals surface area contributed by atoms with Gasteiger partial charge in [-0.05, 0) is 25.5 Å². The molecule has 0 aliphatic rings. The van der Waals surface area contributed by atoms with Crippen molar-refractivity contribution in [1.29, 1.82) is 0 Å². The summed E-state index contributed by atoms with van der Waals surface area (Å²) >= 11 is 6.10. The molecule has 0 bridgehead atoms. The van der Waals surface area contributed by atoms with Gasteiger partial charge in [-0.3, -0.25) is 4.79 Å². The molecule has 0 aliphatic carbocycles. The molecule has 5 nitrogen and oxygen atoms in total. The molecule has 21 heavy (non-hydrogen) atoms. The predicted octanol–water partition coefficient (Wildman–Crippen LogP) is 3.28. The first-order chi connectivity index (χ1) is 10.0. The van der Waals surface area contributed by atoms with Gasteiger partial charge in [-0.1, -0.05) is 30.7 Å². The van der Waals surface area contributed by atoms with E-state index in [2.05, 4.69) is 9.97 Å². The van der Waals surface area contributed by atoms with E-state index in [9.17, 15) is 4.79 Å². The fraction of sp³-hybridized carbons (Fsp3) is 0.267. The summed E-state index contributed by atoms with van der Waals surface area (Å²) in [5.74, 6) is 0.745. The van der Waals surface area contributed by atoms with Crippen molar-refractivity contribution in [3.05, 3.63) is 46.4 Å². The van der Waals surface area contributed by atoms with Crippen LogP contribution in [0, 0.1) is 6.92 Å². The van der Waals surface area contributed by atoms with Crippen LogP contribution in [0.5, 0.6) is 11.6 Å². The standard InChI is InChI=1S/C15H16ClN3O2/c1-3-6-12-18-13(16)9(2)15(19-12)21-11-8-5-4-7-10(11)14(17)20/h4-5,7-8H,3,6H2,1-2H3,(H2,17,20). The van der Waals surface area contributed by atoms with Crippen LogP contribution in [0.1, 0.15) is 35.1 Å². The molecule has 0 radical (unpaired) electrons. The number of hydrogen-bond donors (Lipinski definition) is 1. The lowest BCUT2D eigenvalue weighted by atomic mass is 10.2. The molecule has 0 atom stereocenters. The van der Waals surface area contributed by atoms with Gasteiger partial charge in [0.05, 0.1) is 5.56 Å². The Labute approximate surface area is 128 Å². The van der Waals surface area contributed by atoms with Gasteiger partial charge in [-0.25, -0.2) is 4.98 Å². The fourth-order valence-corrected chi connectivity index (χ4v) is 1.99. The zero-order valence-electron chi connectivity index (χ0n) is 11.9. The number of ether oxygens (including phenoxy) is 1. The Bertz CT molecular complexity index is 674. The van der Waals surface area contributed by atoms with Crippen LogP contribution in [0.3, 0.4) is 0 Å². The molecule has 0 aliphatic heterocycles. The first-order valence-corrected chi connectivity index (χ1v) is 7.00. The molecule has 0 saturated carbocycles. The maximum atomic E-state index is 11.4. The molecule has 1 aromatic heterocycles. The zero-order valence-corrected chi connectivity index (χ0v) is 12.6. The number of amides is 1. The lowest BCUT2D eigenvalue weighted by molar-refractivity contribution is 0.0998. The summed E-state index contributed by atoms with van der Waals surface area (Å²) in [5.41, 5.74) is 6.25. The highest BCUT2D eigenvalue weighted by atomic mass is 35.5. The Hall–Kier alpha value is -2.14. The largest absolute Gasteiger partial charge is 0.438 e. The van der Waals surface area contributed by atoms with Crippen LogP contribution in [0.25, 0.3) is 0 Å². The summed E-state index contributed by atoms with van der Waals surface area (Å²) in [6.45, 7) is 3.79. The van der Waals surface area contributed by atoms with Gasteiger partial charge in [0.15, 0.2) is 0 Å². The van der Waals surface area contributed by atoms with E-state index in [0.29, 0.717) is 40.2 Å². The molecule has 2 N–H and O–H groups in total. The van der Waals surface area contributed by atoms with E-state index >= 15 is 0 Å². The van der Waals surface area contributed by atoms with Crippen LogP contribution in [0.2, 0.25) is 5.15 Å². The van der Waals surface area contributed by atoms with Crippen LogP contribution in [-0.2, 0) is 6.42 Å². The molecule has 0 fully saturated rings. The molecular formula is C15H16ClN3O2. The van der Waals surface area contributed by atoms with Crippen LogP contribution >= 0.6 is 11.6 Å². The molecule has 2 aromatic rings. The Morgan fingerprint density at radius 2 is 2.05 bits per heavy atom. The van der Waals surface area contributed by atoms with Crippen LogP contribution < -0.4 is 10.5 Å². The van der Waals surface area contributed by atoms with Gasteiger partial charge in [-0.15, -0.1) is 0 Å². The highest BCUT2D eigenvalue weighted by molar-refractivity contribution is 6.30. The van der Waals surface area contributed by atoms with Crippen molar-refractivity contribution in [2.45, 2.75) is 26.7 Å². The minimum Gasteiger partial charge on any atom is -0.438 e. The van der Waals surface area contributed by atoms with Gasteiger partial charge in [0.25, 0.3) is 5.91 Å². The lowest BCUT2D eigenvalue weighted by Gasteiger charge is -2.12. The number of benzene rings is 1. The highest BCUT2D eigenvalue weighted by Gasteiger charge is 2.14. The third kappa shape index (κ3) is 3.49. The highest BCUT2D eigenvalue weighted by Crippen LogP contribution is 2.29. The van der Waals surface area contributed by atoms with Crippen molar-refractivity contribution in [2.24, 2.45) is 5.73 Å². The summed E-state index contributed by atoms with van der Waals surface area (Å²) in [6, 6.07) is 6.74. The van der Waals surface area contributed by atoms with Crippen molar-refractivity contribution >= 4 is 17.5 Å². The molecule has 6 heteroatoms. The second kappa shape index (κ2) is 6.54. The van der Waals surface area contributed by atoms with Crippen molar-refractivity contribution < 1.29 is 9.53 Å². The number of hydrogen-bond acceptors (Lipinski definition) is 4. The number of primary amides is 1. The molecule has 0 unspecified atom stereocenters. The summed E-state index contributed by atoms with van der Waals surface area (Å²) in [5, 5.41) is 0.347. The first kappa shape index (κ1) is 15.3. The number of halogens is 1. The Kier molecular flexibility index (Phi) is 4.75. The van der Waals surface area contributed by atoms with E-state index in [1.54, 1.807) is 31.2 Å². The monoisotopic (exact) mass is 305 g/mol. The van der Waals surface area contributed by atoms with Gasteiger partial charge in [-0.2, -0.15) is 4.98 Å². The van der Waals surface area contributed by atoms with Crippen molar-refractivity contribution in [2.75, 3.05) is 0 Å². The lowest BCUT2D eigenvalue weighted by Crippen LogP contribution is -2.12. The number of carbonyl (C=O) groups excluding carboxylic acids is 1. The summed E-state index contributed by atoms with van der Waals surface area (Å²) in [6.07, 6.45) is 1.60. The zero-order chi connectivity index (χ0) is 15.4. The van der Waals surface area contributed by atoms with Crippen LogP contribution in [-0.4, -0.2) is 15.9 Å². The van der Waals surface area contributed by atoms with E-state index in [-0.39, 0.29) is 0 Å². The van der Waals surface area contributed by atoms with Gasteiger partial charge in [0.2, 0.25) is 5.88 Å². The molecule has 0 saturated heterocycles. The van der Waals surface area contributed by atoms with E-state index < -0.39 is 5.91 Å². The van der Waals surface area contributed by atoms with Gasteiger partial charge in [0.1, 0.15) is 16.7 Å². The van der Waals surface area contributed by atoms with E-state index in [1.807, 2.05) is 6.92 Å². The number of nitrogens with two attached hydrogens (primary N) is 1. The summed E-state index contributed by atoms with van der Waals surface area (Å²) < 4.78 is 5.73. The molecule has 0 spiro atoms. The molecule has 2 rings (SSSR count). The topological polar surface area (TPSA) is 78.1 Å². The molecule has 1 heterocycles. The van der Waals surface area contributed by atoms with E-state index in [0.717, 1.165) is 6.42 Å². The van der Waals surface area contributed by atoms with Crippen LogP contribution in [0.4, 0.5) is 0 Å². The number of aryl methyl sites for hydroxylation is 1. The number of nitrogens with zero attached hydrogens (tertiary/aromatic N) is 2. The third-order valence-electron chi connectivity index (χ3n) is 2.92. The quantitative estimate of drug-likeness (QED) is 0.860. The molecule has 1 aromatic carbocycles. The average molecular weight is 306 g/mol. The second-order valence-corrected chi connectivity index (χ2v) is 4.93. The SMILES string of the molecule is CCCc1nc(Cl)c(C)c(Oc2ccccc2C(N)=O)n1. The maximum Gasteiger partial charge on any atom is 0.252 e. The van der Waals surface area contributed by atoms with E-state index in [1.165, 1.54) is 0 Å². The Morgan fingerprint density at radius 3 is 2.71 bits per heavy atom. The minimum absolute atomic E-state index is 0.295. The van der Waals surface area contributed by atoms with Crippen molar-refractivity contribution in [3.8, 4) is 11.6 Å². The van der Waals surface area contributed by atoms with Crippen molar-refractivity contribution in [3.63, 3.8) is 0 Å². The maximum absolute atomic E-state index is 11.4. The number of aromatic nitrogens is 2.